The second-order valence-corrected chi connectivity index (χ2v) is 9.64. The first-order chi connectivity index (χ1) is 12.4. The highest BCUT2D eigenvalue weighted by molar-refractivity contribution is 5.87. The smallest absolute Gasteiger partial charge is 0.302 e. The van der Waals surface area contributed by atoms with Crippen molar-refractivity contribution in [2.75, 3.05) is 6.61 Å². The van der Waals surface area contributed by atoms with Crippen LogP contribution in [0.1, 0.15) is 78.1 Å². The molecule has 0 aromatic carbocycles. The van der Waals surface area contributed by atoms with Crippen molar-refractivity contribution in [3.05, 3.63) is 0 Å². The molecule has 0 radical (unpaired) electrons. The summed E-state index contributed by atoms with van der Waals surface area (Å²) in [5.74, 6) is 2.86. The molecule has 4 aliphatic rings. The van der Waals surface area contributed by atoms with Gasteiger partial charge in [0.1, 0.15) is 11.6 Å². The Bertz CT molecular complexity index is 626. The summed E-state index contributed by atoms with van der Waals surface area (Å²) in [7, 11) is 0. The Labute approximate surface area is 156 Å². The molecule has 4 aliphatic carbocycles. The van der Waals surface area contributed by atoms with Gasteiger partial charge in [0.25, 0.3) is 0 Å². The summed E-state index contributed by atoms with van der Waals surface area (Å²) in [4.78, 5) is 36.0. The summed E-state index contributed by atoms with van der Waals surface area (Å²) in [6.07, 6.45) is 9.44. The fourth-order valence-electron chi connectivity index (χ4n) is 7.50. The van der Waals surface area contributed by atoms with Gasteiger partial charge >= 0.3 is 5.97 Å². The van der Waals surface area contributed by atoms with Gasteiger partial charge in [-0.15, -0.1) is 0 Å². The van der Waals surface area contributed by atoms with Gasteiger partial charge in [0.2, 0.25) is 0 Å². The molecular weight excluding hydrogens is 328 g/mol. The van der Waals surface area contributed by atoms with Crippen LogP contribution < -0.4 is 0 Å². The lowest BCUT2D eigenvalue weighted by Gasteiger charge is -2.60. The Balaban J connectivity index is 1.62. The van der Waals surface area contributed by atoms with Crippen molar-refractivity contribution in [2.24, 2.45) is 34.5 Å². The summed E-state index contributed by atoms with van der Waals surface area (Å²) in [6, 6.07) is 0. The lowest BCUT2D eigenvalue weighted by molar-refractivity contribution is -0.156. The summed E-state index contributed by atoms with van der Waals surface area (Å²) >= 11 is 0. The van der Waals surface area contributed by atoms with Gasteiger partial charge in [0.15, 0.2) is 0 Å². The van der Waals surface area contributed by atoms with Crippen molar-refractivity contribution in [1.29, 1.82) is 0 Å². The molecule has 4 fully saturated rings. The van der Waals surface area contributed by atoms with Crippen LogP contribution in [0.2, 0.25) is 0 Å². The van der Waals surface area contributed by atoms with E-state index in [9.17, 15) is 14.4 Å². The van der Waals surface area contributed by atoms with E-state index < -0.39 is 0 Å². The van der Waals surface area contributed by atoms with Gasteiger partial charge in [-0.25, -0.2) is 0 Å². The normalized spacial score (nSPS) is 44.8. The lowest BCUT2D eigenvalue weighted by Crippen LogP contribution is -2.55. The van der Waals surface area contributed by atoms with Crippen molar-refractivity contribution >= 4 is 17.5 Å². The van der Waals surface area contributed by atoms with Crippen molar-refractivity contribution in [3.63, 3.8) is 0 Å². The number of rotatable bonds is 3. The number of esters is 1. The fraction of sp³-hybridized carbons (Fsp3) is 0.864. The molecule has 0 amide bonds. The zero-order valence-electron chi connectivity index (χ0n) is 16.2. The van der Waals surface area contributed by atoms with Crippen LogP contribution in [0, 0.1) is 34.5 Å². The van der Waals surface area contributed by atoms with E-state index in [-0.39, 0.29) is 16.8 Å². The van der Waals surface area contributed by atoms with Crippen molar-refractivity contribution < 1.29 is 19.1 Å². The van der Waals surface area contributed by atoms with E-state index >= 15 is 0 Å². The van der Waals surface area contributed by atoms with Gasteiger partial charge in [-0.1, -0.05) is 6.92 Å². The van der Waals surface area contributed by atoms with Crippen molar-refractivity contribution in [2.45, 2.75) is 78.1 Å². The summed E-state index contributed by atoms with van der Waals surface area (Å²) < 4.78 is 5.34. The molecule has 0 aliphatic heterocycles. The van der Waals surface area contributed by atoms with Gasteiger partial charge in [-0.05, 0) is 74.0 Å². The number of hydrogen-bond acceptors (Lipinski definition) is 4. The van der Waals surface area contributed by atoms with E-state index in [1.807, 2.05) is 0 Å². The molecule has 4 rings (SSSR count). The zero-order chi connectivity index (χ0) is 18.5. The second-order valence-electron chi connectivity index (χ2n) is 9.64. The van der Waals surface area contributed by atoms with E-state index in [1.165, 1.54) is 13.3 Å². The van der Waals surface area contributed by atoms with Crippen LogP contribution in [0.15, 0.2) is 0 Å². The third kappa shape index (κ3) is 2.66. The molecule has 0 heterocycles. The SMILES string of the molecule is CC(=O)OCC[C@]12CCC(=O)C[C@@H]1CC[C@@H]1[C@@H]2CC[C@]2(C)C(=O)CC[C@@H]12. The number of fused-ring (bicyclic) bond motifs is 5. The first-order valence-electron chi connectivity index (χ1n) is 10.6. The van der Waals surface area contributed by atoms with Crippen LogP contribution in [-0.2, 0) is 19.1 Å². The standard InChI is InChI=1S/C22H32O4/c1-14(23)26-12-11-22-10-7-16(24)13-15(22)3-4-17-18-5-6-20(25)21(18,2)9-8-19(17)22/h15,17-19H,3-13H2,1-2H3/t15-,17-,18-,19-,21-,22+/m0/s1. The van der Waals surface area contributed by atoms with Crippen LogP contribution in [0.4, 0.5) is 0 Å². The Morgan fingerprint density at radius 3 is 2.65 bits per heavy atom. The largest absolute Gasteiger partial charge is 0.466 e. The molecule has 0 unspecified atom stereocenters. The van der Waals surface area contributed by atoms with Crippen LogP contribution in [0.3, 0.4) is 0 Å². The molecule has 4 saturated carbocycles. The highest BCUT2D eigenvalue weighted by atomic mass is 16.5. The predicted molar refractivity (Wildman–Crippen MR) is 97.3 cm³/mol. The molecule has 144 valence electrons. The first kappa shape index (κ1) is 18.2. The maximum Gasteiger partial charge on any atom is 0.302 e. The van der Waals surface area contributed by atoms with Crippen LogP contribution in [-0.4, -0.2) is 24.1 Å². The van der Waals surface area contributed by atoms with Crippen LogP contribution in [0.25, 0.3) is 0 Å². The average molecular weight is 360 g/mol. The molecule has 0 bridgehead atoms. The lowest BCUT2D eigenvalue weighted by atomic mass is 9.44. The highest BCUT2D eigenvalue weighted by Gasteiger charge is 2.61. The molecule has 4 nitrogen and oxygen atoms in total. The molecule has 0 spiro atoms. The number of carbonyl (C=O) groups is 3. The van der Waals surface area contributed by atoms with Gasteiger partial charge < -0.3 is 4.74 Å². The third-order valence-electron chi connectivity index (χ3n) is 8.76. The summed E-state index contributed by atoms with van der Waals surface area (Å²) in [6.45, 7) is 4.16. The Kier molecular flexibility index (Phi) is 4.51. The fourth-order valence-corrected chi connectivity index (χ4v) is 7.50. The average Bonchev–Trinajstić information content (AvgIpc) is 2.90. The Morgan fingerprint density at radius 1 is 1.08 bits per heavy atom. The van der Waals surface area contributed by atoms with Crippen LogP contribution in [0.5, 0.6) is 0 Å². The Morgan fingerprint density at radius 2 is 1.88 bits per heavy atom. The number of carbonyl (C=O) groups excluding carboxylic acids is 3. The summed E-state index contributed by atoms with van der Waals surface area (Å²) in [5.41, 5.74) is 0.0365. The zero-order valence-corrected chi connectivity index (χ0v) is 16.2. The van der Waals surface area contributed by atoms with E-state index in [4.69, 9.17) is 4.74 Å². The van der Waals surface area contributed by atoms with E-state index in [0.29, 0.717) is 54.7 Å². The van der Waals surface area contributed by atoms with Crippen molar-refractivity contribution in [3.8, 4) is 0 Å². The molecular formula is C22H32O4. The second kappa shape index (κ2) is 6.45. The van der Waals surface area contributed by atoms with E-state index in [2.05, 4.69) is 6.92 Å². The highest BCUT2D eigenvalue weighted by Crippen LogP contribution is 2.66. The number of ketones is 2. The van der Waals surface area contributed by atoms with E-state index in [0.717, 1.165) is 44.9 Å². The molecule has 6 atom stereocenters. The van der Waals surface area contributed by atoms with Crippen LogP contribution >= 0.6 is 0 Å². The minimum Gasteiger partial charge on any atom is -0.466 e. The summed E-state index contributed by atoms with van der Waals surface area (Å²) in [5, 5.41) is 0. The molecule has 0 aromatic rings. The number of hydrogen-bond donors (Lipinski definition) is 0. The molecule has 0 aromatic heterocycles. The molecule has 0 saturated heterocycles. The number of Topliss-reactive ketones (excluding diaryl/α,β-unsaturated/α-hetero) is 2. The van der Waals surface area contributed by atoms with Gasteiger partial charge in [0.05, 0.1) is 6.61 Å². The molecule has 26 heavy (non-hydrogen) atoms. The maximum atomic E-state index is 12.6. The van der Waals surface area contributed by atoms with Gasteiger partial charge in [-0.3, -0.25) is 14.4 Å². The predicted octanol–water partition coefficient (Wildman–Crippen LogP) is 4.10. The minimum absolute atomic E-state index is 0.102. The third-order valence-corrected chi connectivity index (χ3v) is 8.76. The topological polar surface area (TPSA) is 60.4 Å². The van der Waals surface area contributed by atoms with Crippen molar-refractivity contribution in [1.82, 2.24) is 0 Å². The first-order valence-corrected chi connectivity index (χ1v) is 10.6. The van der Waals surface area contributed by atoms with Gasteiger partial charge in [0, 0.05) is 31.6 Å². The maximum absolute atomic E-state index is 12.6. The monoisotopic (exact) mass is 360 g/mol. The molecule has 0 N–H and O–H groups in total. The quantitative estimate of drug-likeness (QED) is 0.711. The molecule has 4 heteroatoms. The van der Waals surface area contributed by atoms with E-state index in [1.54, 1.807) is 0 Å². The Hall–Kier alpha value is -1.19. The number of ether oxygens (including phenoxy) is 1. The minimum atomic E-state index is -0.213. The van der Waals surface area contributed by atoms with Gasteiger partial charge in [-0.2, -0.15) is 0 Å².